The largest absolute Gasteiger partial charge is 0.298 e. The molecular weight excluding hydrogens is 436 g/mol. The van der Waals surface area contributed by atoms with Gasteiger partial charge in [-0.3, -0.25) is 30.3 Å². The van der Waals surface area contributed by atoms with E-state index < -0.39 is 25.6 Å². The zero-order valence-electron chi connectivity index (χ0n) is 15.1. The Kier molecular flexibility index (Phi) is 5.58. The van der Waals surface area contributed by atoms with Crippen molar-refractivity contribution < 1.29 is 23.1 Å². The van der Waals surface area contributed by atoms with Crippen LogP contribution in [0.1, 0.15) is 15.9 Å². The number of sulfone groups is 1. The zero-order chi connectivity index (χ0) is 22.1. The number of carbonyl (C=O) groups excluding carboxylic acids is 1. The van der Waals surface area contributed by atoms with E-state index in [1.165, 1.54) is 19.1 Å². The Morgan fingerprint density at radius 1 is 1.07 bits per heavy atom. The van der Waals surface area contributed by atoms with Crippen LogP contribution in [-0.4, -0.2) is 29.2 Å². The molecule has 154 valence electrons. The fourth-order valence-electron chi connectivity index (χ4n) is 2.42. The number of benzene rings is 2. The molecule has 0 atom stereocenters. The molecule has 1 amide bonds. The van der Waals surface area contributed by atoms with Crippen molar-refractivity contribution in [1.82, 2.24) is 4.98 Å². The molecule has 0 aliphatic rings. The van der Waals surface area contributed by atoms with Crippen molar-refractivity contribution in [3.63, 3.8) is 0 Å². The lowest BCUT2D eigenvalue weighted by Crippen LogP contribution is -2.12. The van der Waals surface area contributed by atoms with Crippen LogP contribution in [0.3, 0.4) is 0 Å². The molecule has 1 N–H and O–H groups in total. The van der Waals surface area contributed by atoms with Gasteiger partial charge in [-0.15, -0.1) is 0 Å². The topological polar surface area (TPSA) is 162 Å². The van der Waals surface area contributed by atoms with Gasteiger partial charge in [-0.2, -0.15) is 0 Å². The molecule has 0 aliphatic heterocycles. The summed E-state index contributed by atoms with van der Waals surface area (Å²) in [5.41, 5.74) is -0.0637. The summed E-state index contributed by atoms with van der Waals surface area (Å²) in [6.45, 7) is 1.54. The summed E-state index contributed by atoms with van der Waals surface area (Å²) >= 11 is 0.683. The molecule has 11 nitrogen and oxygen atoms in total. The molecule has 0 fully saturated rings. The molecule has 0 spiro atoms. The molecule has 3 rings (SSSR count). The summed E-state index contributed by atoms with van der Waals surface area (Å²) in [5.74, 6) is -0.688. The second-order valence-electron chi connectivity index (χ2n) is 5.95. The Morgan fingerprint density at radius 2 is 1.73 bits per heavy atom. The van der Waals surface area contributed by atoms with E-state index in [1.807, 2.05) is 0 Å². The van der Waals surface area contributed by atoms with Crippen molar-refractivity contribution in [1.29, 1.82) is 0 Å². The van der Waals surface area contributed by atoms with Crippen LogP contribution < -0.4 is 5.32 Å². The van der Waals surface area contributed by atoms with E-state index >= 15 is 0 Å². The normalized spacial score (nSPS) is 11.1. The van der Waals surface area contributed by atoms with Gasteiger partial charge in [-0.1, -0.05) is 17.4 Å². The first-order chi connectivity index (χ1) is 14.1. The van der Waals surface area contributed by atoms with Crippen LogP contribution in [0.15, 0.2) is 57.8 Å². The van der Waals surface area contributed by atoms with Gasteiger partial charge in [0, 0.05) is 29.3 Å². The number of carbonyl (C=O) groups is 1. The number of nitro benzene ring substituents is 2. The third-order valence-electron chi connectivity index (χ3n) is 4.00. The molecule has 0 radical (unpaired) electrons. The third-order valence-corrected chi connectivity index (χ3v) is 7.14. The van der Waals surface area contributed by atoms with Gasteiger partial charge < -0.3 is 0 Å². The van der Waals surface area contributed by atoms with Crippen molar-refractivity contribution in [2.45, 2.75) is 16.0 Å². The standard InChI is InChI=1S/C17H12N4O7S2/c1-10-2-3-11(8-14(10)21(25)26)16(22)19-17-18-9-15(29-17)30(27,28)13-6-4-12(5-7-13)20(23)24/h2-9H,1H3,(H,18,19,22). The number of amides is 1. The summed E-state index contributed by atoms with van der Waals surface area (Å²) in [5, 5.41) is 24.1. The van der Waals surface area contributed by atoms with Gasteiger partial charge in [0.15, 0.2) is 5.13 Å². The molecular formula is C17H12N4O7S2. The van der Waals surface area contributed by atoms with Crippen molar-refractivity contribution in [2.24, 2.45) is 0 Å². The molecule has 1 aromatic heterocycles. The summed E-state index contributed by atoms with van der Waals surface area (Å²) in [4.78, 5) is 36.5. The number of nitrogens with zero attached hydrogens (tertiary/aromatic N) is 3. The van der Waals surface area contributed by atoms with E-state index in [9.17, 15) is 33.4 Å². The van der Waals surface area contributed by atoms with Gasteiger partial charge >= 0.3 is 0 Å². The van der Waals surface area contributed by atoms with Crippen molar-refractivity contribution in [3.8, 4) is 0 Å². The van der Waals surface area contributed by atoms with Gasteiger partial charge in [-0.25, -0.2) is 13.4 Å². The maximum Gasteiger partial charge on any atom is 0.273 e. The van der Waals surface area contributed by atoms with Crippen molar-refractivity contribution in [3.05, 3.63) is 80.0 Å². The van der Waals surface area contributed by atoms with Crippen LogP contribution >= 0.6 is 11.3 Å². The molecule has 0 saturated carbocycles. The summed E-state index contributed by atoms with van der Waals surface area (Å²) in [6.07, 6.45) is 1.05. The number of aryl methyl sites for hydroxylation is 1. The lowest BCUT2D eigenvalue weighted by Gasteiger charge is -2.03. The Bertz CT molecular complexity index is 1270. The summed E-state index contributed by atoms with van der Waals surface area (Å²) in [7, 11) is -3.99. The van der Waals surface area contributed by atoms with E-state index in [1.54, 1.807) is 0 Å². The summed E-state index contributed by atoms with van der Waals surface area (Å²) < 4.78 is 25.1. The first kappa shape index (κ1) is 21.0. The maximum absolute atomic E-state index is 12.7. The van der Waals surface area contributed by atoms with Gasteiger partial charge in [0.05, 0.1) is 20.9 Å². The highest BCUT2D eigenvalue weighted by Gasteiger charge is 2.23. The fourth-order valence-corrected chi connectivity index (χ4v) is 4.85. The molecule has 0 bridgehead atoms. The summed E-state index contributed by atoms with van der Waals surface area (Å²) in [6, 6.07) is 8.31. The smallest absolute Gasteiger partial charge is 0.273 e. The maximum atomic E-state index is 12.7. The first-order valence-corrected chi connectivity index (χ1v) is 10.4. The minimum atomic E-state index is -3.99. The number of hydrogen-bond donors (Lipinski definition) is 1. The number of aromatic nitrogens is 1. The number of nitro groups is 2. The predicted molar refractivity (Wildman–Crippen MR) is 106 cm³/mol. The number of rotatable bonds is 6. The van der Waals surface area contributed by atoms with Crippen LogP contribution in [0.2, 0.25) is 0 Å². The average Bonchev–Trinajstić information content (AvgIpc) is 3.17. The first-order valence-electron chi connectivity index (χ1n) is 8.11. The Balaban J connectivity index is 1.82. The quantitative estimate of drug-likeness (QED) is 0.443. The van der Waals surface area contributed by atoms with Gasteiger partial charge in [0.25, 0.3) is 17.3 Å². The number of anilines is 1. The molecule has 13 heteroatoms. The van der Waals surface area contributed by atoms with Crippen molar-refractivity contribution in [2.75, 3.05) is 5.32 Å². The molecule has 2 aromatic carbocycles. The molecule has 0 unspecified atom stereocenters. The van der Waals surface area contributed by atoms with Crippen LogP contribution in [0.4, 0.5) is 16.5 Å². The zero-order valence-corrected chi connectivity index (χ0v) is 16.8. The predicted octanol–water partition coefficient (Wildman–Crippen LogP) is 3.35. The van der Waals surface area contributed by atoms with Gasteiger partial charge in [0.1, 0.15) is 4.21 Å². The van der Waals surface area contributed by atoms with Crippen LogP contribution in [0, 0.1) is 27.2 Å². The Labute approximate surface area is 173 Å². The van der Waals surface area contributed by atoms with Crippen LogP contribution in [-0.2, 0) is 9.84 Å². The van der Waals surface area contributed by atoms with E-state index in [2.05, 4.69) is 10.3 Å². The fraction of sp³-hybridized carbons (Fsp3) is 0.0588. The molecule has 30 heavy (non-hydrogen) atoms. The minimum absolute atomic E-state index is 0.0160. The number of non-ortho nitro benzene ring substituents is 1. The molecule has 1 heterocycles. The highest BCUT2D eigenvalue weighted by atomic mass is 32.2. The SMILES string of the molecule is Cc1ccc(C(=O)Nc2ncc(S(=O)(=O)c3ccc([N+](=O)[O-])cc3)s2)cc1[N+](=O)[O-]. The second-order valence-corrected chi connectivity index (χ2v) is 9.16. The van der Waals surface area contributed by atoms with E-state index in [0.29, 0.717) is 16.9 Å². The lowest BCUT2D eigenvalue weighted by atomic mass is 10.1. The number of thiazole rings is 1. The average molecular weight is 448 g/mol. The minimum Gasteiger partial charge on any atom is -0.298 e. The second kappa shape index (κ2) is 7.96. The van der Waals surface area contributed by atoms with E-state index in [0.717, 1.165) is 36.5 Å². The van der Waals surface area contributed by atoms with E-state index in [4.69, 9.17) is 0 Å². The Hall–Kier alpha value is -3.71. The molecule has 0 aliphatic carbocycles. The number of hydrogen-bond acceptors (Lipinski definition) is 9. The number of nitrogens with one attached hydrogen (secondary N) is 1. The monoisotopic (exact) mass is 448 g/mol. The lowest BCUT2D eigenvalue weighted by molar-refractivity contribution is -0.385. The van der Waals surface area contributed by atoms with Crippen molar-refractivity contribution >= 4 is 43.6 Å². The van der Waals surface area contributed by atoms with E-state index in [-0.39, 0.29) is 31.2 Å². The van der Waals surface area contributed by atoms with Gasteiger partial charge in [0.2, 0.25) is 9.84 Å². The highest BCUT2D eigenvalue weighted by molar-refractivity contribution is 7.93. The molecule has 0 saturated heterocycles. The highest BCUT2D eigenvalue weighted by Crippen LogP contribution is 2.30. The Morgan fingerprint density at radius 3 is 2.33 bits per heavy atom. The van der Waals surface area contributed by atoms with Crippen LogP contribution in [0.5, 0.6) is 0 Å². The van der Waals surface area contributed by atoms with Crippen LogP contribution in [0.25, 0.3) is 0 Å². The van der Waals surface area contributed by atoms with Gasteiger partial charge in [-0.05, 0) is 25.1 Å². The molecule has 3 aromatic rings. The third kappa shape index (κ3) is 4.16.